The van der Waals surface area contributed by atoms with Gasteiger partial charge in [0.25, 0.3) is 11.6 Å². The fourth-order valence-corrected chi connectivity index (χ4v) is 3.30. The molecule has 3 rings (SSSR count). The van der Waals surface area contributed by atoms with E-state index < -0.39 is 4.92 Å². The lowest BCUT2D eigenvalue weighted by Crippen LogP contribution is -2.25. The number of benzene rings is 2. The minimum Gasteiger partial charge on any atom is -0.377 e. The highest BCUT2D eigenvalue weighted by Gasteiger charge is 2.18. The standard InChI is InChI=1S/C19H18N4O3S/c1-22(2)17-7-6-15(23(25)26)11-16(17)18(24)21-12-13-4-3-5-14(10-13)19-20-8-9-27-19/h3-11H,12H2,1-2H3,(H,21,24). The highest BCUT2D eigenvalue weighted by molar-refractivity contribution is 7.13. The number of nitro benzene ring substituents is 1. The van der Waals surface area contributed by atoms with Crippen molar-refractivity contribution >= 4 is 28.6 Å². The molecule has 0 bridgehead atoms. The Morgan fingerprint density at radius 2 is 2.07 bits per heavy atom. The van der Waals surface area contributed by atoms with E-state index in [9.17, 15) is 14.9 Å². The van der Waals surface area contributed by atoms with Gasteiger partial charge in [0.1, 0.15) is 5.01 Å². The molecule has 0 atom stereocenters. The minimum absolute atomic E-state index is 0.114. The fourth-order valence-electron chi connectivity index (χ4n) is 2.67. The van der Waals surface area contributed by atoms with E-state index in [1.807, 2.05) is 29.6 Å². The van der Waals surface area contributed by atoms with E-state index in [0.29, 0.717) is 12.2 Å². The second-order valence-corrected chi connectivity index (χ2v) is 6.97. The molecule has 1 N–H and O–H groups in total. The van der Waals surface area contributed by atoms with Crippen LogP contribution in [0.15, 0.2) is 54.0 Å². The van der Waals surface area contributed by atoms with Crippen LogP contribution in [0, 0.1) is 10.1 Å². The summed E-state index contributed by atoms with van der Waals surface area (Å²) in [5.41, 5.74) is 2.69. The average molecular weight is 382 g/mol. The molecule has 8 heteroatoms. The molecule has 0 radical (unpaired) electrons. The molecule has 1 amide bonds. The summed E-state index contributed by atoms with van der Waals surface area (Å²) in [6, 6.07) is 12.0. The maximum absolute atomic E-state index is 12.7. The molecule has 7 nitrogen and oxygen atoms in total. The number of hydrogen-bond acceptors (Lipinski definition) is 6. The summed E-state index contributed by atoms with van der Waals surface area (Å²) < 4.78 is 0. The van der Waals surface area contributed by atoms with Crippen LogP contribution >= 0.6 is 11.3 Å². The zero-order valence-corrected chi connectivity index (χ0v) is 15.7. The molecule has 0 saturated heterocycles. The summed E-state index contributed by atoms with van der Waals surface area (Å²) in [5.74, 6) is -0.359. The molecule has 0 aliphatic rings. The smallest absolute Gasteiger partial charge is 0.270 e. The molecule has 1 aromatic heterocycles. The first kappa shape index (κ1) is 18.5. The van der Waals surface area contributed by atoms with Gasteiger partial charge >= 0.3 is 0 Å². The Bertz CT molecular complexity index is 971. The molecular formula is C19H18N4O3S. The number of nitrogens with one attached hydrogen (secondary N) is 1. The van der Waals surface area contributed by atoms with Crippen LogP contribution < -0.4 is 10.2 Å². The monoisotopic (exact) mass is 382 g/mol. The SMILES string of the molecule is CN(C)c1ccc([N+](=O)[O-])cc1C(=O)NCc1cccc(-c2nccs2)c1. The lowest BCUT2D eigenvalue weighted by Gasteiger charge is -2.17. The third-order valence-corrected chi connectivity index (χ3v) is 4.80. The van der Waals surface area contributed by atoms with E-state index in [1.54, 1.807) is 42.6 Å². The molecule has 0 saturated carbocycles. The molecule has 0 unspecified atom stereocenters. The van der Waals surface area contributed by atoms with Crippen LogP contribution in [0.1, 0.15) is 15.9 Å². The average Bonchev–Trinajstić information content (AvgIpc) is 3.20. The fraction of sp³-hybridized carbons (Fsp3) is 0.158. The van der Waals surface area contributed by atoms with Crippen LogP contribution in [-0.4, -0.2) is 29.9 Å². The summed E-state index contributed by atoms with van der Waals surface area (Å²) in [6.45, 7) is 0.313. The number of rotatable bonds is 6. The van der Waals surface area contributed by atoms with Gasteiger partial charge in [-0.05, 0) is 17.7 Å². The highest BCUT2D eigenvalue weighted by Crippen LogP contribution is 2.25. The van der Waals surface area contributed by atoms with Crippen LogP contribution in [0.2, 0.25) is 0 Å². The van der Waals surface area contributed by atoms with Crippen LogP contribution in [0.4, 0.5) is 11.4 Å². The first-order valence-electron chi connectivity index (χ1n) is 8.18. The van der Waals surface area contributed by atoms with Gasteiger partial charge in [0, 0.05) is 55.6 Å². The van der Waals surface area contributed by atoms with Gasteiger partial charge in [-0.15, -0.1) is 11.3 Å². The molecule has 3 aromatic rings. The summed E-state index contributed by atoms with van der Waals surface area (Å²) in [4.78, 5) is 29.2. The van der Waals surface area contributed by atoms with Gasteiger partial charge in [-0.1, -0.05) is 18.2 Å². The van der Waals surface area contributed by atoms with Crippen molar-refractivity contribution in [2.45, 2.75) is 6.54 Å². The number of aromatic nitrogens is 1. The van der Waals surface area contributed by atoms with Crippen molar-refractivity contribution in [1.82, 2.24) is 10.3 Å². The number of nitro groups is 1. The molecule has 0 spiro atoms. The summed E-state index contributed by atoms with van der Waals surface area (Å²) in [6.07, 6.45) is 1.75. The summed E-state index contributed by atoms with van der Waals surface area (Å²) >= 11 is 1.55. The number of thiazole rings is 1. The Morgan fingerprint density at radius 3 is 2.74 bits per heavy atom. The summed E-state index contributed by atoms with van der Waals surface area (Å²) in [7, 11) is 3.57. The van der Waals surface area contributed by atoms with Gasteiger partial charge in [0.2, 0.25) is 0 Å². The van der Waals surface area contributed by atoms with Gasteiger partial charge < -0.3 is 10.2 Å². The van der Waals surface area contributed by atoms with Gasteiger partial charge in [0.15, 0.2) is 0 Å². The van der Waals surface area contributed by atoms with E-state index >= 15 is 0 Å². The first-order valence-corrected chi connectivity index (χ1v) is 9.06. The molecule has 138 valence electrons. The molecular weight excluding hydrogens is 364 g/mol. The predicted molar refractivity (Wildman–Crippen MR) is 106 cm³/mol. The number of anilines is 1. The largest absolute Gasteiger partial charge is 0.377 e. The third kappa shape index (κ3) is 4.29. The molecule has 0 aliphatic carbocycles. The number of carbonyl (C=O) groups excluding carboxylic acids is 1. The lowest BCUT2D eigenvalue weighted by atomic mass is 10.1. The molecule has 27 heavy (non-hydrogen) atoms. The summed E-state index contributed by atoms with van der Waals surface area (Å²) in [5, 5.41) is 16.7. The molecule has 0 aliphatic heterocycles. The van der Waals surface area contributed by atoms with Gasteiger partial charge in [0.05, 0.1) is 10.5 Å². The van der Waals surface area contributed by atoms with Crippen molar-refractivity contribution in [2.24, 2.45) is 0 Å². The molecule has 2 aromatic carbocycles. The van der Waals surface area contributed by atoms with Crippen LogP contribution in [-0.2, 0) is 6.54 Å². The number of carbonyl (C=O) groups is 1. The van der Waals surface area contributed by atoms with Crippen molar-refractivity contribution in [2.75, 3.05) is 19.0 Å². The van der Waals surface area contributed by atoms with Gasteiger partial charge in [-0.3, -0.25) is 14.9 Å². The minimum atomic E-state index is -0.506. The van der Waals surface area contributed by atoms with Crippen molar-refractivity contribution in [3.05, 3.63) is 75.3 Å². The Morgan fingerprint density at radius 1 is 1.26 bits per heavy atom. The van der Waals surface area contributed by atoms with Crippen molar-refractivity contribution in [3.8, 4) is 10.6 Å². The van der Waals surface area contributed by atoms with Crippen LogP contribution in [0.25, 0.3) is 10.6 Å². The Balaban J connectivity index is 1.79. The number of non-ortho nitro benzene ring substituents is 1. The van der Waals surface area contributed by atoms with Gasteiger partial charge in [-0.25, -0.2) is 4.98 Å². The second-order valence-electron chi connectivity index (χ2n) is 6.07. The maximum Gasteiger partial charge on any atom is 0.270 e. The zero-order chi connectivity index (χ0) is 19.4. The van der Waals surface area contributed by atoms with E-state index in [-0.39, 0.29) is 17.2 Å². The zero-order valence-electron chi connectivity index (χ0n) is 14.9. The predicted octanol–water partition coefficient (Wildman–Crippen LogP) is 3.71. The molecule has 0 fully saturated rings. The van der Waals surface area contributed by atoms with E-state index in [1.165, 1.54) is 12.1 Å². The normalized spacial score (nSPS) is 10.4. The van der Waals surface area contributed by atoms with Crippen LogP contribution in [0.5, 0.6) is 0 Å². The lowest BCUT2D eigenvalue weighted by molar-refractivity contribution is -0.384. The van der Waals surface area contributed by atoms with E-state index in [0.717, 1.165) is 16.1 Å². The second kappa shape index (κ2) is 7.96. The van der Waals surface area contributed by atoms with Crippen molar-refractivity contribution in [1.29, 1.82) is 0 Å². The Hall–Kier alpha value is -3.26. The number of amides is 1. The van der Waals surface area contributed by atoms with E-state index in [4.69, 9.17) is 0 Å². The Labute approximate surface area is 160 Å². The quantitative estimate of drug-likeness (QED) is 0.518. The maximum atomic E-state index is 12.7. The van der Waals surface area contributed by atoms with E-state index in [2.05, 4.69) is 10.3 Å². The van der Waals surface area contributed by atoms with Crippen molar-refractivity contribution in [3.63, 3.8) is 0 Å². The topological polar surface area (TPSA) is 88.4 Å². The molecule has 1 heterocycles. The number of hydrogen-bond donors (Lipinski definition) is 1. The highest BCUT2D eigenvalue weighted by atomic mass is 32.1. The third-order valence-electron chi connectivity index (χ3n) is 3.98. The van der Waals surface area contributed by atoms with Gasteiger partial charge in [-0.2, -0.15) is 0 Å². The van der Waals surface area contributed by atoms with Crippen LogP contribution in [0.3, 0.4) is 0 Å². The first-order chi connectivity index (χ1) is 13.0. The Kier molecular flexibility index (Phi) is 5.46. The number of nitrogens with zero attached hydrogens (tertiary/aromatic N) is 3. The van der Waals surface area contributed by atoms with Crippen molar-refractivity contribution < 1.29 is 9.72 Å².